The van der Waals surface area contributed by atoms with Gasteiger partial charge in [0.05, 0.1) is 12.8 Å². The van der Waals surface area contributed by atoms with E-state index in [1.54, 1.807) is 11.3 Å². The molecule has 1 heterocycles. The summed E-state index contributed by atoms with van der Waals surface area (Å²) in [6.45, 7) is 8.64. The molecule has 1 N–H and O–H groups in total. The van der Waals surface area contributed by atoms with Crippen LogP contribution in [-0.4, -0.2) is 24.1 Å². The Hall–Kier alpha value is -0.940. The van der Waals surface area contributed by atoms with E-state index < -0.39 is 0 Å². The maximum Gasteiger partial charge on any atom is 0.323 e. The highest BCUT2D eigenvalue weighted by molar-refractivity contribution is 7.11. The van der Waals surface area contributed by atoms with E-state index in [1.807, 2.05) is 20.8 Å². The Morgan fingerprint density at radius 2 is 2.12 bits per heavy atom. The Bertz CT molecular complexity index is 368. The van der Waals surface area contributed by atoms with Gasteiger partial charge in [-0.15, -0.1) is 11.3 Å². The van der Waals surface area contributed by atoms with Crippen molar-refractivity contribution in [1.82, 2.24) is 10.3 Å². The average molecular weight is 256 g/mol. The molecule has 0 aliphatic rings. The number of methoxy groups -OCH3 is 1. The molecule has 0 amide bonds. The molecule has 96 valence electrons. The molecule has 0 aliphatic carbocycles. The van der Waals surface area contributed by atoms with E-state index in [2.05, 4.69) is 17.2 Å². The minimum absolute atomic E-state index is 0.199. The molecule has 5 heteroatoms. The van der Waals surface area contributed by atoms with Crippen molar-refractivity contribution in [1.29, 1.82) is 0 Å². The zero-order valence-electron chi connectivity index (χ0n) is 11.0. The van der Waals surface area contributed by atoms with E-state index in [-0.39, 0.29) is 17.9 Å². The van der Waals surface area contributed by atoms with E-state index in [0.717, 1.165) is 10.7 Å². The molecule has 0 radical (unpaired) electrons. The molecule has 1 aromatic rings. The first kappa shape index (κ1) is 14.1. The van der Waals surface area contributed by atoms with Gasteiger partial charge in [0.25, 0.3) is 0 Å². The lowest BCUT2D eigenvalue weighted by Crippen LogP contribution is -2.41. The topological polar surface area (TPSA) is 51.2 Å². The molecule has 0 saturated heterocycles. The van der Waals surface area contributed by atoms with Crippen LogP contribution in [0.2, 0.25) is 0 Å². The number of esters is 1. The quantitative estimate of drug-likeness (QED) is 0.819. The van der Waals surface area contributed by atoms with Gasteiger partial charge in [-0.1, -0.05) is 13.8 Å². The summed E-state index contributed by atoms with van der Waals surface area (Å²) < 4.78 is 4.77. The summed E-state index contributed by atoms with van der Waals surface area (Å²) in [7, 11) is 1.41. The Morgan fingerprint density at radius 1 is 1.47 bits per heavy atom. The first-order chi connectivity index (χ1) is 7.95. The highest BCUT2D eigenvalue weighted by atomic mass is 32.1. The maximum absolute atomic E-state index is 11.5. The summed E-state index contributed by atoms with van der Waals surface area (Å²) in [4.78, 5) is 17.2. The fraction of sp³-hybridized carbons (Fsp3) is 0.667. The Labute approximate surface area is 106 Å². The van der Waals surface area contributed by atoms with E-state index in [4.69, 9.17) is 4.74 Å². The van der Waals surface area contributed by atoms with Crippen LogP contribution in [0.5, 0.6) is 0 Å². The highest BCUT2D eigenvalue weighted by Gasteiger charge is 2.22. The van der Waals surface area contributed by atoms with Crippen molar-refractivity contribution in [2.45, 2.75) is 40.3 Å². The second kappa shape index (κ2) is 6.12. The van der Waals surface area contributed by atoms with Crippen LogP contribution < -0.4 is 5.32 Å². The van der Waals surface area contributed by atoms with Crippen molar-refractivity contribution >= 4 is 17.3 Å². The largest absolute Gasteiger partial charge is 0.468 e. The van der Waals surface area contributed by atoms with Gasteiger partial charge in [0.2, 0.25) is 0 Å². The predicted molar refractivity (Wildman–Crippen MR) is 69.1 cm³/mol. The number of thiazole rings is 1. The SMILES string of the molecule is COC(=O)C(NCc1nc(C)c(C)s1)C(C)C. The Balaban J connectivity index is 2.61. The lowest BCUT2D eigenvalue weighted by Gasteiger charge is -2.18. The monoisotopic (exact) mass is 256 g/mol. The summed E-state index contributed by atoms with van der Waals surface area (Å²) in [5.74, 6) is -0.0189. The van der Waals surface area contributed by atoms with Gasteiger partial charge in [-0.2, -0.15) is 0 Å². The van der Waals surface area contributed by atoms with Gasteiger partial charge >= 0.3 is 5.97 Å². The lowest BCUT2D eigenvalue weighted by atomic mass is 10.1. The van der Waals surface area contributed by atoms with E-state index in [1.165, 1.54) is 12.0 Å². The van der Waals surface area contributed by atoms with Crippen molar-refractivity contribution in [2.75, 3.05) is 7.11 Å². The molecule has 4 nitrogen and oxygen atoms in total. The third-order valence-electron chi connectivity index (χ3n) is 2.67. The second-order valence-corrected chi connectivity index (χ2v) is 5.66. The van der Waals surface area contributed by atoms with Crippen molar-refractivity contribution in [2.24, 2.45) is 5.92 Å². The van der Waals surface area contributed by atoms with Gasteiger partial charge < -0.3 is 4.74 Å². The van der Waals surface area contributed by atoms with Crippen LogP contribution in [0.15, 0.2) is 0 Å². The predicted octanol–water partition coefficient (Wildman–Crippen LogP) is 2.05. The number of rotatable bonds is 5. The number of nitrogens with zero attached hydrogens (tertiary/aromatic N) is 1. The zero-order chi connectivity index (χ0) is 13.0. The van der Waals surface area contributed by atoms with Crippen molar-refractivity contribution < 1.29 is 9.53 Å². The molecular formula is C12H20N2O2S. The minimum atomic E-state index is -0.274. The van der Waals surface area contributed by atoms with Crippen molar-refractivity contribution in [3.8, 4) is 0 Å². The smallest absolute Gasteiger partial charge is 0.323 e. The lowest BCUT2D eigenvalue weighted by molar-refractivity contribution is -0.144. The minimum Gasteiger partial charge on any atom is -0.468 e. The van der Waals surface area contributed by atoms with Crippen LogP contribution >= 0.6 is 11.3 Å². The summed E-state index contributed by atoms with van der Waals surface area (Å²) in [6, 6.07) is -0.274. The van der Waals surface area contributed by atoms with Crippen LogP contribution in [0.4, 0.5) is 0 Å². The molecule has 0 aromatic carbocycles. The van der Waals surface area contributed by atoms with Crippen LogP contribution in [0.3, 0.4) is 0 Å². The fourth-order valence-corrected chi connectivity index (χ4v) is 2.42. The summed E-state index contributed by atoms with van der Waals surface area (Å²) in [5.41, 5.74) is 1.06. The molecule has 1 aromatic heterocycles. The number of nitrogens with one attached hydrogen (secondary N) is 1. The molecule has 0 spiro atoms. The number of aromatic nitrogens is 1. The Morgan fingerprint density at radius 3 is 2.53 bits per heavy atom. The third-order valence-corrected chi connectivity index (χ3v) is 3.74. The number of ether oxygens (including phenoxy) is 1. The van der Waals surface area contributed by atoms with Crippen LogP contribution in [0.1, 0.15) is 29.4 Å². The zero-order valence-corrected chi connectivity index (χ0v) is 11.9. The first-order valence-electron chi connectivity index (χ1n) is 5.69. The molecule has 0 saturated carbocycles. The number of aryl methyl sites for hydroxylation is 2. The molecule has 1 atom stereocenters. The molecule has 1 unspecified atom stereocenters. The van der Waals surface area contributed by atoms with Gasteiger partial charge in [0, 0.05) is 11.4 Å². The van der Waals surface area contributed by atoms with Crippen LogP contribution in [-0.2, 0) is 16.1 Å². The normalized spacial score (nSPS) is 12.8. The maximum atomic E-state index is 11.5. The van der Waals surface area contributed by atoms with Gasteiger partial charge in [0.15, 0.2) is 0 Å². The number of hydrogen-bond donors (Lipinski definition) is 1. The highest BCUT2D eigenvalue weighted by Crippen LogP contribution is 2.16. The molecule has 0 aliphatic heterocycles. The molecule has 0 bridgehead atoms. The molecular weight excluding hydrogens is 236 g/mol. The average Bonchev–Trinajstić information content (AvgIpc) is 2.57. The van der Waals surface area contributed by atoms with Crippen LogP contribution in [0, 0.1) is 19.8 Å². The summed E-state index contributed by atoms with van der Waals surface area (Å²) >= 11 is 1.66. The van der Waals surface area contributed by atoms with E-state index in [0.29, 0.717) is 6.54 Å². The first-order valence-corrected chi connectivity index (χ1v) is 6.51. The van der Waals surface area contributed by atoms with Gasteiger partial charge in [0.1, 0.15) is 11.0 Å². The van der Waals surface area contributed by atoms with Gasteiger partial charge in [-0.25, -0.2) is 4.98 Å². The van der Waals surface area contributed by atoms with Crippen molar-refractivity contribution in [3.05, 3.63) is 15.6 Å². The third kappa shape index (κ3) is 3.78. The number of hydrogen-bond acceptors (Lipinski definition) is 5. The standard InChI is InChI=1S/C12H20N2O2S/c1-7(2)11(12(15)16-5)13-6-10-14-8(3)9(4)17-10/h7,11,13H,6H2,1-5H3. The summed E-state index contributed by atoms with van der Waals surface area (Å²) in [5, 5.41) is 4.21. The van der Waals surface area contributed by atoms with Crippen molar-refractivity contribution in [3.63, 3.8) is 0 Å². The van der Waals surface area contributed by atoms with Gasteiger partial charge in [-0.05, 0) is 19.8 Å². The van der Waals surface area contributed by atoms with E-state index in [9.17, 15) is 4.79 Å². The van der Waals surface area contributed by atoms with Gasteiger partial charge in [-0.3, -0.25) is 10.1 Å². The molecule has 17 heavy (non-hydrogen) atoms. The van der Waals surface area contributed by atoms with Crippen LogP contribution in [0.25, 0.3) is 0 Å². The number of carbonyl (C=O) groups is 1. The summed E-state index contributed by atoms with van der Waals surface area (Å²) in [6.07, 6.45) is 0. The Kier molecular flexibility index (Phi) is 5.08. The van der Waals surface area contributed by atoms with E-state index >= 15 is 0 Å². The fourth-order valence-electron chi connectivity index (χ4n) is 1.53. The second-order valence-electron chi connectivity index (χ2n) is 4.37. The molecule has 1 rings (SSSR count). The molecule has 0 fully saturated rings. The number of carbonyl (C=O) groups excluding carboxylic acids is 1.